The Morgan fingerprint density at radius 1 is 1.17 bits per heavy atom. The van der Waals surface area contributed by atoms with Crippen molar-refractivity contribution in [3.63, 3.8) is 0 Å². The molecule has 2 amide bonds. The van der Waals surface area contributed by atoms with Crippen LogP contribution < -0.4 is 16.5 Å². The maximum absolute atomic E-state index is 12.5. The highest BCUT2D eigenvalue weighted by molar-refractivity contribution is 6.38. The van der Waals surface area contributed by atoms with E-state index in [2.05, 4.69) is 21.5 Å². The Bertz CT molecular complexity index is 1090. The first kappa shape index (κ1) is 20.3. The van der Waals surface area contributed by atoms with Gasteiger partial charge in [0.15, 0.2) is 5.42 Å². The van der Waals surface area contributed by atoms with Crippen molar-refractivity contribution in [2.24, 2.45) is 4.99 Å². The van der Waals surface area contributed by atoms with Crippen LogP contribution in [0.5, 0.6) is 0 Å². The Hall–Kier alpha value is -3.42. The van der Waals surface area contributed by atoms with Crippen LogP contribution in [0.2, 0.25) is 0 Å². The fraction of sp³-hybridized carbons (Fsp3) is 0.333. The second kappa shape index (κ2) is 8.72. The first-order chi connectivity index (χ1) is 13.9. The van der Waals surface area contributed by atoms with E-state index in [1.807, 2.05) is 26.0 Å². The lowest BCUT2D eigenvalue weighted by molar-refractivity contribution is -0.145. The fourth-order valence-corrected chi connectivity index (χ4v) is 3.14. The van der Waals surface area contributed by atoms with E-state index in [1.165, 1.54) is 16.5 Å². The first-order valence-electron chi connectivity index (χ1n) is 9.42. The Morgan fingerprint density at radius 3 is 2.52 bits per heavy atom. The summed E-state index contributed by atoms with van der Waals surface area (Å²) in [7, 11) is 0. The van der Waals surface area contributed by atoms with Gasteiger partial charge in [-0.1, -0.05) is 24.3 Å². The van der Waals surface area contributed by atoms with Crippen LogP contribution in [0.3, 0.4) is 0 Å². The molecule has 0 bridgehead atoms. The summed E-state index contributed by atoms with van der Waals surface area (Å²) in [5, 5.41) is 0.558. The second-order valence-corrected chi connectivity index (χ2v) is 7.07. The third-order valence-electron chi connectivity index (χ3n) is 4.67. The van der Waals surface area contributed by atoms with Gasteiger partial charge in [-0.15, -0.1) is 0 Å². The zero-order valence-electron chi connectivity index (χ0n) is 16.6. The van der Waals surface area contributed by atoms with Crippen molar-refractivity contribution in [3.05, 3.63) is 57.4 Å². The van der Waals surface area contributed by atoms with Gasteiger partial charge >= 0.3 is 17.6 Å². The maximum Gasteiger partial charge on any atom is 0.417 e. The van der Waals surface area contributed by atoms with Gasteiger partial charge in [0.2, 0.25) is 0 Å². The van der Waals surface area contributed by atoms with Crippen molar-refractivity contribution in [1.82, 2.24) is 14.8 Å². The van der Waals surface area contributed by atoms with Gasteiger partial charge in [0.25, 0.3) is 0 Å². The number of hydrogen-bond acceptors (Lipinski definition) is 5. The number of piperazine rings is 1. The number of fused-ring (bicyclic) bond motifs is 1. The van der Waals surface area contributed by atoms with E-state index in [4.69, 9.17) is 4.42 Å². The molecule has 0 saturated carbocycles. The van der Waals surface area contributed by atoms with Crippen LogP contribution in [-0.4, -0.2) is 58.5 Å². The molecular weight excluding hydrogens is 372 g/mol. The van der Waals surface area contributed by atoms with Gasteiger partial charge in [-0.2, -0.15) is 0 Å². The maximum atomic E-state index is 12.5. The summed E-state index contributed by atoms with van der Waals surface area (Å²) in [6.07, 6.45) is 9.35. The Balaban J connectivity index is 1.63. The van der Waals surface area contributed by atoms with E-state index in [1.54, 1.807) is 12.2 Å². The molecule has 0 unspecified atom stereocenters. The molecule has 8 nitrogen and oxygen atoms in total. The SMILES string of the molecule is C=C/C(=C\C=C(C)C)N1CCN(C(=O)C(=O)/N=C2/C=c3oc(=O)[nH]c3=CC2)CC1. The Morgan fingerprint density at radius 2 is 1.86 bits per heavy atom. The number of nitrogens with zero attached hydrogens (tertiary/aromatic N) is 3. The van der Waals surface area contributed by atoms with Gasteiger partial charge < -0.3 is 14.2 Å². The number of H-pyrrole nitrogens is 1. The summed E-state index contributed by atoms with van der Waals surface area (Å²) >= 11 is 0. The molecule has 1 aliphatic carbocycles. The van der Waals surface area contributed by atoms with Gasteiger partial charge in [-0.05, 0) is 26.0 Å². The predicted molar refractivity (Wildman–Crippen MR) is 110 cm³/mol. The van der Waals surface area contributed by atoms with E-state index in [-0.39, 0.29) is 0 Å². The minimum atomic E-state index is -0.816. The number of allylic oxidation sites excluding steroid dienone is 4. The van der Waals surface area contributed by atoms with Gasteiger partial charge in [0.1, 0.15) is 0 Å². The molecule has 152 valence electrons. The molecule has 29 heavy (non-hydrogen) atoms. The van der Waals surface area contributed by atoms with Crippen molar-refractivity contribution >= 4 is 29.7 Å². The van der Waals surface area contributed by atoms with Crippen LogP contribution in [0, 0.1) is 0 Å². The molecule has 2 heterocycles. The quantitative estimate of drug-likeness (QED) is 0.576. The average Bonchev–Trinajstić information content (AvgIpc) is 3.07. The highest BCUT2D eigenvalue weighted by Gasteiger charge is 2.26. The molecule has 0 spiro atoms. The number of hydrogen-bond donors (Lipinski definition) is 1. The summed E-state index contributed by atoms with van der Waals surface area (Å²) in [6, 6.07) is 0. The monoisotopic (exact) mass is 396 g/mol. The number of aromatic amines is 1. The van der Waals surface area contributed by atoms with E-state index >= 15 is 0 Å². The third-order valence-corrected chi connectivity index (χ3v) is 4.67. The molecule has 3 rings (SSSR count). The fourth-order valence-electron chi connectivity index (χ4n) is 3.14. The van der Waals surface area contributed by atoms with Crippen LogP contribution in [0.25, 0.3) is 12.2 Å². The molecule has 0 radical (unpaired) electrons. The summed E-state index contributed by atoms with van der Waals surface area (Å²) in [5.41, 5.74) is 2.87. The number of rotatable bonds is 3. The minimum Gasteiger partial charge on any atom is -0.408 e. The highest BCUT2D eigenvalue weighted by atomic mass is 16.4. The second-order valence-electron chi connectivity index (χ2n) is 7.07. The number of nitrogens with one attached hydrogen (secondary N) is 1. The van der Waals surface area contributed by atoms with Crippen molar-refractivity contribution in [2.75, 3.05) is 26.2 Å². The molecule has 1 aromatic rings. The lowest BCUT2D eigenvalue weighted by Crippen LogP contribution is -2.49. The summed E-state index contributed by atoms with van der Waals surface area (Å²) in [6.45, 7) is 9.98. The zero-order valence-corrected chi connectivity index (χ0v) is 16.6. The molecule has 1 aliphatic heterocycles. The van der Waals surface area contributed by atoms with Crippen molar-refractivity contribution in [1.29, 1.82) is 0 Å². The number of aliphatic imine (C=N–C) groups is 1. The largest absolute Gasteiger partial charge is 0.417 e. The normalized spacial score (nSPS) is 17.9. The standard InChI is InChI=1S/C21H24N4O4/c1-4-16(7-5-14(2)3)24-9-11-25(12-10-24)20(27)19(26)22-15-6-8-17-18(13-15)29-21(28)23-17/h4-5,7-8,13H,1,6,9-12H2,2-3H3,(H,23,28)/b16-7+,22-15+. The smallest absolute Gasteiger partial charge is 0.408 e. The Labute approximate surface area is 167 Å². The molecule has 1 aromatic heterocycles. The summed E-state index contributed by atoms with van der Waals surface area (Å²) in [5.74, 6) is -2.01. The van der Waals surface area contributed by atoms with Crippen molar-refractivity contribution in [3.8, 4) is 0 Å². The van der Waals surface area contributed by atoms with Gasteiger partial charge in [0, 0.05) is 44.4 Å². The van der Waals surface area contributed by atoms with E-state index in [9.17, 15) is 14.4 Å². The van der Waals surface area contributed by atoms with Crippen LogP contribution in [0.15, 0.2) is 50.3 Å². The van der Waals surface area contributed by atoms with Gasteiger partial charge in [-0.3, -0.25) is 14.6 Å². The van der Waals surface area contributed by atoms with Crippen LogP contribution in [-0.2, 0) is 9.59 Å². The number of carbonyl (C=O) groups is 2. The Kier molecular flexibility index (Phi) is 6.11. The number of carbonyl (C=O) groups excluding carboxylic acids is 2. The van der Waals surface area contributed by atoms with Crippen LogP contribution in [0.1, 0.15) is 20.3 Å². The average molecular weight is 396 g/mol. The molecule has 8 heteroatoms. The van der Waals surface area contributed by atoms with Gasteiger partial charge in [-0.25, -0.2) is 9.79 Å². The minimum absolute atomic E-state index is 0.314. The highest BCUT2D eigenvalue weighted by Crippen LogP contribution is 2.12. The molecule has 2 aliphatic rings. The first-order valence-corrected chi connectivity index (χ1v) is 9.42. The molecular formula is C21H24N4O4. The van der Waals surface area contributed by atoms with E-state index in [0.29, 0.717) is 49.1 Å². The number of oxazole rings is 1. The number of amides is 2. The number of aromatic nitrogens is 1. The molecule has 0 aromatic carbocycles. The summed E-state index contributed by atoms with van der Waals surface area (Å²) < 4.78 is 4.97. The molecule has 1 fully saturated rings. The zero-order chi connectivity index (χ0) is 21.0. The van der Waals surface area contributed by atoms with Crippen molar-refractivity contribution < 1.29 is 14.0 Å². The van der Waals surface area contributed by atoms with Crippen molar-refractivity contribution in [2.45, 2.75) is 20.3 Å². The van der Waals surface area contributed by atoms with Crippen LogP contribution in [0.4, 0.5) is 0 Å². The molecule has 1 saturated heterocycles. The van der Waals surface area contributed by atoms with Gasteiger partial charge in [0.05, 0.1) is 11.1 Å². The van der Waals surface area contributed by atoms with Crippen LogP contribution >= 0.6 is 0 Å². The molecule has 0 atom stereocenters. The topological polar surface area (TPSA) is 99.0 Å². The van der Waals surface area contributed by atoms with E-state index in [0.717, 1.165) is 5.70 Å². The lowest BCUT2D eigenvalue weighted by Gasteiger charge is -2.36. The predicted octanol–water partition coefficient (Wildman–Crippen LogP) is 0.0805. The third kappa shape index (κ3) is 4.90. The molecule has 1 N–H and O–H groups in total. The van der Waals surface area contributed by atoms with E-state index < -0.39 is 17.6 Å². The lowest BCUT2D eigenvalue weighted by atomic mass is 10.2. The summed E-state index contributed by atoms with van der Waals surface area (Å²) in [4.78, 5) is 46.1.